The lowest BCUT2D eigenvalue weighted by Gasteiger charge is -2.36. The number of aryl methyl sites for hydroxylation is 1. The molecule has 0 unspecified atom stereocenters. The van der Waals surface area contributed by atoms with Crippen LogP contribution in [-0.4, -0.2) is 10.5 Å². The molecule has 0 saturated heterocycles. The first kappa shape index (κ1) is 11.4. The highest BCUT2D eigenvalue weighted by Crippen LogP contribution is 2.44. The summed E-state index contributed by atoms with van der Waals surface area (Å²) >= 11 is 0. The van der Waals surface area contributed by atoms with Crippen LogP contribution < -0.4 is 5.56 Å². The fourth-order valence-corrected chi connectivity index (χ4v) is 2.48. The van der Waals surface area contributed by atoms with E-state index in [0.29, 0.717) is 5.39 Å². The molecule has 4 heteroatoms. The standard InChI is InChI=1S/C14H13F2NO/c1-9-2-3-10-4-5-17(13(18)12(10)6-9)11-7-14(15,16)8-11/h2-6,11H,7-8H2,1H3. The van der Waals surface area contributed by atoms with E-state index in [-0.39, 0.29) is 24.4 Å². The minimum Gasteiger partial charge on any atom is -0.311 e. The van der Waals surface area contributed by atoms with Gasteiger partial charge in [0.2, 0.25) is 0 Å². The Balaban J connectivity index is 2.10. The number of hydrogen-bond donors (Lipinski definition) is 0. The molecule has 1 saturated carbocycles. The Morgan fingerprint density at radius 3 is 2.67 bits per heavy atom. The van der Waals surface area contributed by atoms with Crippen LogP contribution in [0.25, 0.3) is 10.8 Å². The van der Waals surface area contributed by atoms with E-state index in [2.05, 4.69) is 0 Å². The third-order valence-corrected chi connectivity index (χ3v) is 3.55. The van der Waals surface area contributed by atoms with Gasteiger partial charge in [0.25, 0.3) is 11.5 Å². The second kappa shape index (κ2) is 3.64. The van der Waals surface area contributed by atoms with Gasteiger partial charge in [-0.05, 0) is 24.4 Å². The van der Waals surface area contributed by atoms with Gasteiger partial charge >= 0.3 is 0 Å². The highest BCUT2D eigenvalue weighted by molar-refractivity contribution is 5.82. The number of halogens is 2. The Hall–Kier alpha value is -1.71. The van der Waals surface area contributed by atoms with Gasteiger partial charge in [-0.1, -0.05) is 17.7 Å². The molecular weight excluding hydrogens is 236 g/mol. The van der Waals surface area contributed by atoms with Crippen molar-refractivity contribution in [3.63, 3.8) is 0 Å². The summed E-state index contributed by atoms with van der Waals surface area (Å²) < 4.78 is 27.2. The fraction of sp³-hybridized carbons (Fsp3) is 0.357. The predicted octanol–water partition coefficient (Wildman–Crippen LogP) is 3.28. The van der Waals surface area contributed by atoms with Crippen molar-refractivity contribution in [1.82, 2.24) is 4.57 Å². The first-order valence-corrected chi connectivity index (χ1v) is 5.96. The summed E-state index contributed by atoms with van der Waals surface area (Å²) in [6.07, 6.45) is 1.16. The zero-order chi connectivity index (χ0) is 12.9. The Kier molecular flexibility index (Phi) is 2.30. The lowest BCUT2D eigenvalue weighted by Crippen LogP contribution is -2.40. The van der Waals surface area contributed by atoms with E-state index >= 15 is 0 Å². The molecule has 0 spiro atoms. The van der Waals surface area contributed by atoms with Crippen molar-refractivity contribution in [2.75, 3.05) is 0 Å². The van der Waals surface area contributed by atoms with E-state index in [1.807, 2.05) is 31.2 Å². The predicted molar refractivity (Wildman–Crippen MR) is 66.2 cm³/mol. The number of rotatable bonds is 1. The first-order chi connectivity index (χ1) is 8.46. The van der Waals surface area contributed by atoms with Crippen LogP contribution in [-0.2, 0) is 0 Å². The van der Waals surface area contributed by atoms with Gasteiger partial charge in [0.05, 0.1) is 0 Å². The van der Waals surface area contributed by atoms with Gasteiger partial charge in [-0.15, -0.1) is 0 Å². The quantitative estimate of drug-likeness (QED) is 0.760. The summed E-state index contributed by atoms with van der Waals surface area (Å²) in [5, 5.41) is 1.46. The Morgan fingerprint density at radius 2 is 2.00 bits per heavy atom. The van der Waals surface area contributed by atoms with Crippen molar-refractivity contribution in [3.8, 4) is 0 Å². The molecule has 2 nitrogen and oxygen atoms in total. The van der Waals surface area contributed by atoms with E-state index in [1.165, 1.54) is 4.57 Å². The van der Waals surface area contributed by atoms with Crippen molar-refractivity contribution < 1.29 is 8.78 Å². The largest absolute Gasteiger partial charge is 0.311 e. The number of alkyl halides is 2. The minimum atomic E-state index is -2.61. The molecular formula is C14H13F2NO. The number of benzene rings is 1. The number of nitrogens with zero attached hydrogens (tertiary/aromatic N) is 1. The molecule has 0 atom stereocenters. The van der Waals surface area contributed by atoms with Crippen molar-refractivity contribution in [3.05, 3.63) is 46.4 Å². The van der Waals surface area contributed by atoms with Crippen molar-refractivity contribution in [2.45, 2.75) is 31.7 Å². The molecule has 18 heavy (non-hydrogen) atoms. The molecule has 2 aromatic rings. The highest BCUT2D eigenvalue weighted by atomic mass is 19.3. The van der Waals surface area contributed by atoms with Gasteiger partial charge in [0.15, 0.2) is 0 Å². The van der Waals surface area contributed by atoms with E-state index in [4.69, 9.17) is 0 Å². The Labute approximate surface area is 103 Å². The van der Waals surface area contributed by atoms with Crippen molar-refractivity contribution in [2.24, 2.45) is 0 Å². The molecule has 3 rings (SSSR count). The summed E-state index contributed by atoms with van der Waals surface area (Å²) in [7, 11) is 0. The molecule has 0 bridgehead atoms. The number of pyridine rings is 1. The summed E-state index contributed by atoms with van der Waals surface area (Å²) in [4.78, 5) is 12.2. The highest BCUT2D eigenvalue weighted by Gasteiger charge is 2.46. The van der Waals surface area contributed by atoms with Gasteiger partial charge in [-0.25, -0.2) is 8.78 Å². The second-order valence-electron chi connectivity index (χ2n) is 5.04. The van der Waals surface area contributed by atoms with Gasteiger partial charge in [-0.3, -0.25) is 4.79 Å². The molecule has 0 N–H and O–H groups in total. The molecule has 1 heterocycles. The topological polar surface area (TPSA) is 22.0 Å². The summed E-state index contributed by atoms with van der Waals surface area (Å²) in [6, 6.07) is 7.07. The number of hydrogen-bond acceptors (Lipinski definition) is 1. The average molecular weight is 249 g/mol. The lowest BCUT2D eigenvalue weighted by atomic mass is 9.88. The fourth-order valence-electron chi connectivity index (χ4n) is 2.48. The van der Waals surface area contributed by atoms with Crippen LogP contribution in [0.2, 0.25) is 0 Å². The maximum atomic E-state index is 12.9. The molecule has 94 valence electrons. The van der Waals surface area contributed by atoms with E-state index in [0.717, 1.165) is 10.9 Å². The zero-order valence-electron chi connectivity index (χ0n) is 9.99. The second-order valence-corrected chi connectivity index (χ2v) is 5.04. The van der Waals surface area contributed by atoms with E-state index in [1.54, 1.807) is 6.20 Å². The van der Waals surface area contributed by atoms with E-state index in [9.17, 15) is 13.6 Å². The monoisotopic (exact) mass is 249 g/mol. The van der Waals surface area contributed by atoms with Gasteiger partial charge in [-0.2, -0.15) is 0 Å². The molecule has 0 radical (unpaired) electrons. The normalized spacial score (nSPS) is 18.8. The number of aromatic nitrogens is 1. The van der Waals surface area contributed by atoms with Crippen molar-refractivity contribution in [1.29, 1.82) is 0 Å². The van der Waals surface area contributed by atoms with Gasteiger partial charge < -0.3 is 4.57 Å². The van der Waals surface area contributed by atoms with Crippen LogP contribution in [0.1, 0.15) is 24.4 Å². The van der Waals surface area contributed by atoms with Gasteiger partial charge in [0.1, 0.15) is 0 Å². The smallest absolute Gasteiger partial charge is 0.258 e. The molecule has 1 aromatic heterocycles. The minimum absolute atomic E-state index is 0.170. The summed E-state index contributed by atoms with van der Waals surface area (Å²) in [6.45, 7) is 1.91. The zero-order valence-corrected chi connectivity index (χ0v) is 9.99. The van der Waals surface area contributed by atoms with Gasteiger partial charge in [0, 0.05) is 30.5 Å². The molecule has 1 fully saturated rings. The Morgan fingerprint density at radius 1 is 1.28 bits per heavy atom. The maximum Gasteiger partial charge on any atom is 0.258 e. The van der Waals surface area contributed by atoms with Crippen LogP contribution in [0.5, 0.6) is 0 Å². The van der Waals surface area contributed by atoms with Crippen LogP contribution in [0.3, 0.4) is 0 Å². The molecule has 1 aliphatic rings. The van der Waals surface area contributed by atoms with Crippen molar-refractivity contribution >= 4 is 10.8 Å². The number of fused-ring (bicyclic) bond motifs is 1. The third kappa shape index (κ3) is 1.72. The molecule has 1 aliphatic carbocycles. The Bertz CT molecular complexity index is 667. The molecule has 0 amide bonds. The maximum absolute atomic E-state index is 12.9. The first-order valence-electron chi connectivity index (χ1n) is 5.96. The molecule has 0 aliphatic heterocycles. The van der Waals surface area contributed by atoms with Crippen LogP contribution in [0.15, 0.2) is 35.3 Å². The van der Waals surface area contributed by atoms with Crippen LogP contribution >= 0.6 is 0 Å². The SMILES string of the molecule is Cc1ccc2ccn(C3CC(F)(F)C3)c(=O)c2c1. The summed E-state index contributed by atoms with van der Waals surface area (Å²) in [5.41, 5.74) is 0.827. The van der Waals surface area contributed by atoms with E-state index < -0.39 is 5.92 Å². The third-order valence-electron chi connectivity index (χ3n) is 3.55. The molecule has 1 aromatic carbocycles. The lowest BCUT2D eigenvalue weighted by molar-refractivity contribution is -0.104. The average Bonchev–Trinajstić information content (AvgIpc) is 2.27. The summed E-state index contributed by atoms with van der Waals surface area (Å²) in [5.74, 6) is -2.61. The van der Waals surface area contributed by atoms with Crippen LogP contribution in [0, 0.1) is 6.92 Å². The van der Waals surface area contributed by atoms with Crippen LogP contribution in [0.4, 0.5) is 8.78 Å².